The fourth-order valence-corrected chi connectivity index (χ4v) is 1.52. The van der Waals surface area contributed by atoms with E-state index < -0.39 is 0 Å². The molecule has 0 aromatic heterocycles. The first kappa shape index (κ1) is 13.5. The molecule has 17 heavy (non-hydrogen) atoms. The summed E-state index contributed by atoms with van der Waals surface area (Å²) in [4.78, 5) is 0. The molecule has 1 heteroatoms. The summed E-state index contributed by atoms with van der Waals surface area (Å²) in [6.07, 6.45) is 0. The molecule has 3 aromatic rings. The van der Waals surface area contributed by atoms with Crippen LogP contribution >= 0.6 is 0 Å². The molecule has 0 spiro atoms. The quantitative estimate of drug-likeness (QED) is 0.448. The molecule has 3 rings (SSSR count). The van der Waals surface area contributed by atoms with E-state index in [1.165, 1.54) is 11.1 Å². The predicted octanol–water partition coefficient (Wildman–Crippen LogP) is 4.48. The monoisotopic (exact) mass is 262 g/mol. The third-order valence-corrected chi connectivity index (χ3v) is 2.33. The first-order valence-corrected chi connectivity index (χ1v) is 5.40. The maximum absolute atomic E-state index is 2.12. The van der Waals surface area contributed by atoms with Crippen molar-refractivity contribution in [3.05, 3.63) is 84.9 Å². The first-order valence-electron chi connectivity index (χ1n) is 5.40. The third-order valence-electron chi connectivity index (χ3n) is 2.33. The molecule has 0 aliphatic carbocycles. The van der Waals surface area contributed by atoms with Gasteiger partial charge in [0.15, 0.2) is 0 Å². The van der Waals surface area contributed by atoms with Crippen LogP contribution in [-0.2, 0) is 17.1 Å². The van der Waals surface area contributed by atoms with Gasteiger partial charge in [0.2, 0.25) is 0 Å². The average Bonchev–Trinajstić information content (AvgIpc) is 3.07. The molecule has 0 unspecified atom stereocenters. The molecule has 0 atom stereocenters. The molecule has 0 aliphatic heterocycles. The summed E-state index contributed by atoms with van der Waals surface area (Å²) in [5.41, 5.74) is 2.59. The fraction of sp³-hybridized carbons (Fsp3) is 0. The van der Waals surface area contributed by atoms with Gasteiger partial charge in [-0.15, -0.1) is 29.8 Å². The van der Waals surface area contributed by atoms with Crippen molar-refractivity contribution in [3.8, 4) is 11.1 Å². The number of rotatable bonds is 1. The molecule has 0 saturated carbocycles. The molecule has 0 fully saturated rings. The van der Waals surface area contributed by atoms with E-state index in [0.29, 0.717) is 0 Å². The molecular formula is C16H14Fe-6. The van der Waals surface area contributed by atoms with E-state index in [0.717, 1.165) is 0 Å². The van der Waals surface area contributed by atoms with Gasteiger partial charge in [-0.05, 0) is 0 Å². The van der Waals surface area contributed by atoms with Crippen LogP contribution in [0.3, 0.4) is 0 Å². The summed E-state index contributed by atoms with van der Waals surface area (Å²) in [5, 5.41) is 0. The Morgan fingerprint density at radius 2 is 1.12 bits per heavy atom. The van der Waals surface area contributed by atoms with Crippen molar-refractivity contribution < 1.29 is 17.1 Å². The van der Waals surface area contributed by atoms with E-state index >= 15 is 0 Å². The number of hydrogen-bond donors (Lipinski definition) is 0. The minimum Gasteiger partial charge on any atom is -0.748 e. The van der Waals surface area contributed by atoms with Gasteiger partial charge in [0, 0.05) is 17.1 Å². The van der Waals surface area contributed by atoms with Gasteiger partial charge >= 0.3 is 0 Å². The van der Waals surface area contributed by atoms with E-state index in [9.17, 15) is 0 Å². The Kier molecular flexibility index (Phi) is 6.09. The summed E-state index contributed by atoms with van der Waals surface area (Å²) >= 11 is 0. The second-order valence-electron chi connectivity index (χ2n) is 3.50. The molecule has 0 nitrogen and oxygen atoms in total. The molecule has 0 saturated heterocycles. The SMILES string of the molecule is [Fe].[cH-]1[cH-][cH-][cH-][cH-]1.c1ccc(-[c-]2cccc2)cc1. The smallest absolute Gasteiger partial charge is 0 e. The van der Waals surface area contributed by atoms with Crippen LogP contribution in [0, 0.1) is 0 Å². The van der Waals surface area contributed by atoms with Crippen LogP contribution in [0.4, 0.5) is 0 Å². The number of hydrogen-bond acceptors (Lipinski definition) is 0. The zero-order valence-corrected chi connectivity index (χ0v) is 10.5. The van der Waals surface area contributed by atoms with Gasteiger partial charge in [-0.3, -0.25) is 0 Å². The van der Waals surface area contributed by atoms with Crippen molar-refractivity contribution in [2.45, 2.75) is 0 Å². The molecule has 0 bridgehead atoms. The molecular weight excluding hydrogens is 248 g/mol. The molecule has 92 valence electrons. The second-order valence-corrected chi connectivity index (χ2v) is 3.50. The predicted molar refractivity (Wildman–Crippen MR) is 69.5 cm³/mol. The first-order chi connectivity index (χ1) is 7.97. The Morgan fingerprint density at radius 3 is 1.59 bits per heavy atom. The van der Waals surface area contributed by atoms with Crippen molar-refractivity contribution in [1.29, 1.82) is 0 Å². The molecule has 0 amide bonds. The second kappa shape index (κ2) is 7.67. The van der Waals surface area contributed by atoms with E-state index in [-0.39, 0.29) is 17.1 Å². The summed E-state index contributed by atoms with van der Waals surface area (Å²) in [5.74, 6) is 0. The van der Waals surface area contributed by atoms with Gasteiger partial charge in [0.25, 0.3) is 0 Å². The van der Waals surface area contributed by atoms with Gasteiger partial charge in [-0.25, -0.2) is 0 Å². The summed E-state index contributed by atoms with van der Waals surface area (Å²) in [6.45, 7) is 0. The van der Waals surface area contributed by atoms with Crippen molar-refractivity contribution in [2.24, 2.45) is 0 Å². The largest absolute Gasteiger partial charge is 0.748 e. The summed E-state index contributed by atoms with van der Waals surface area (Å²) < 4.78 is 0. The zero-order valence-electron chi connectivity index (χ0n) is 9.44. The standard InChI is InChI=1S/C11H9.C5H5.Fe/c1-2-6-10(7-3-1)11-8-4-5-9-11;1-2-4-5-3-1;/h1-9H;1-5H;/q-1;-5;. The Hall–Kier alpha value is -1.56. The molecule has 3 aromatic carbocycles. The minimum absolute atomic E-state index is 0. The number of benzene rings is 1. The van der Waals surface area contributed by atoms with Gasteiger partial charge < -0.3 is 30.3 Å². The van der Waals surface area contributed by atoms with Crippen molar-refractivity contribution in [3.63, 3.8) is 0 Å². The Morgan fingerprint density at radius 1 is 0.647 bits per heavy atom. The van der Waals surface area contributed by atoms with Crippen LogP contribution in [0.1, 0.15) is 0 Å². The van der Waals surface area contributed by atoms with Gasteiger partial charge in [-0.1, -0.05) is 23.8 Å². The third kappa shape index (κ3) is 4.44. The van der Waals surface area contributed by atoms with Crippen LogP contribution in [0.2, 0.25) is 0 Å². The van der Waals surface area contributed by atoms with Crippen LogP contribution in [-0.4, -0.2) is 0 Å². The van der Waals surface area contributed by atoms with E-state index in [4.69, 9.17) is 0 Å². The fourth-order valence-electron chi connectivity index (χ4n) is 1.52. The normalized spacial score (nSPS) is 8.71. The Labute approximate surface area is 113 Å². The van der Waals surface area contributed by atoms with Crippen LogP contribution in [0.15, 0.2) is 84.9 Å². The molecule has 0 N–H and O–H groups in total. The van der Waals surface area contributed by atoms with E-state index in [1.54, 1.807) is 0 Å². The van der Waals surface area contributed by atoms with Gasteiger partial charge in [0.05, 0.1) is 0 Å². The zero-order chi connectivity index (χ0) is 11.1. The Balaban J connectivity index is 0.000000205. The van der Waals surface area contributed by atoms with E-state index in [1.807, 2.05) is 36.4 Å². The summed E-state index contributed by atoms with van der Waals surface area (Å²) in [6, 6.07) is 28.7. The summed E-state index contributed by atoms with van der Waals surface area (Å²) in [7, 11) is 0. The molecule has 0 heterocycles. The Bertz CT molecular complexity index is 446. The van der Waals surface area contributed by atoms with Gasteiger partial charge in [0.1, 0.15) is 0 Å². The molecule has 0 aliphatic rings. The minimum atomic E-state index is 0. The van der Waals surface area contributed by atoms with Crippen LogP contribution in [0.5, 0.6) is 0 Å². The van der Waals surface area contributed by atoms with Crippen molar-refractivity contribution in [2.75, 3.05) is 0 Å². The maximum Gasteiger partial charge on any atom is 0 e. The van der Waals surface area contributed by atoms with Gasteiger partial charge in [-0.2, -0.15) is 12.1 Å². The average molecular weight is 262 g/mol. The topological polar surface area (TPSA) is 0 Å². The maximum atomic E-state index is 2.12. The van der Waals surface area contributed by atoms with Crippen molar-refractivity contribution in [1.82, 2.24) is 0 Å². The van der Waals surface area contributed by atoms with E-state index in [2.05, 4.69) is 48.5 Å². The van der Waals surface area contributed by atoms with Crippen molar-refractivity contribution >= 4 is 0 Å². The van der Waals surface area contributed by atoms with Crippen LogP contribution in [0.25, 0.3) is 11.1 Å². The molecule has 0 radical (unpaired) electrons. The van der Waals surface area contributed by atoms with Crippen LogP contribution < -0.4 is 0 Å².